The molecule has 2 fully saturated rings. The third-order valence-corrected chi connectivity index (χ3v) is 11.2. The van der Waals surface area contributed by atoms with Gasteiger partial charge in [-0.1, -0.05) is 56.3 Å². The van der Waals surface area contributed by atoms with Gasteiger partial charge in [0.05, 0.1) is 43.0 Å². The van der Waals surface area contributed by atoms with Gasteiger partial charge in [-0.3, -0.25) is 14.5 Å². The van der Waals surface area contributed by atoms with E-state index in [1.54, 1.807) is 72.2 Å². The maximum absolute atomic E-state index is 15.8. The van der Waals surface area contributed by atoms with Gasteiger partial charge in [-0.25, -0.2) is 28.3 Å². The van der Waals surface area contributed by atoms with Crippen molar-refractivity contribution >= 4 is 24.0 Å². The van der Waals surface area contributed by atoms with Gasteiger partial charge in [-0.2, -0.15) is 0 Å². The van der Waals surface area contributed by atoms with Crippen molar-refractivity contribution in [3.8, 4) is 33.6 Å². The number of nitrogens with one attached hydrogen (secondary N) is 3. The Morgan fingerprint density at radius 3 is 1.78 bits per heavy atom. The van der Waals surface area contributed by atoms with Crippen molar-refractivity contribution in [3.63, 3.8) is 0 Å². The Kier molecular flexibility index (Phi) is 11.8. The molecule has 0 bridgehead atoms. The molecule has 16 heteroatoms. The number of benzene rings is 3. The largest absolute Gasteiger partial charge is 0.465 e. The number of nitrogens with zero attached hydrogens (tertiary/aromatic N) is 5. The van der Waals surface area contributed by atoms with E-state index in [9.17, 15) is 24.3 Å². The number of carbonyl (C=O) groups excluding carboxylic acids is 3. The lowest BCUT2D eigenvalue weighted by Crippen LogP contribution is -2.51. The second-order valence-corrected chi connectivity index (χ2v) is 15.2. The average Bonchev–Trinajstić information content (AvgIpc) is 4.07. The predicted molar refractivity (Wildman–Crippen MR) is 213 cm³/mol. The van der Waals surface area contributed by atoms with E-state index >= 15 is 8.78 Å². The van der Waals surface area contributed by atoms with Gasteiger partial charge in [0, 0.05) is 31.3 Å². The van der Waals surface area contributed by atoms with Crippen molar-refractivity contribution in [2.75, 3.05) is 27.2 Å². The molecule has 2 aromatic heterocycles. The van der Waals surface area contributed by atoms with Crippen LogP contribution in [-0.2, 0) is 14.3 Å². The number of ether oxygens (including phenoxy) is 1. The summed E-state index contributed by atoms with van der Waals surface area (Å²) in [7, 11) is 2.62. The van der Waals surface area contributed by atoms with Crippen LogP contribution < -0.4 is 5.32 Å². The minimum absolute atomic E-state index is 0.242. The van der Waals surface area contributed by atoms with Crippen LogP contribution in [0.5, 0.6) is 0 Å². The standard InChI is InChI=1S/C43H46F2N8O6/c1-24(2)37(51(3)43(57)58)41(55)53-19-9-13-35(53)39-47-23-33(49-39)29-17-15-27(21-31(29)45)26-14-16-28(30(44)20-26)32-22-46-38(48-32)34-12-8-18-52(34)40(54)36(50-42(56)59-4)25-10-6-5-7-11-25/h5-7,10-11,14-17,20-24,34-37H,8-9,12-13,18-19H2,1-4H3,(H,46,48)(H,47,49)(H,50,56)(H,57,58)/t34-,35-,36+,37-/m0/s1. The fraction of sp³-hybridized carbons (Fsp3) is 0.349. The van der Waals surface area contributed by atoms with Crippen LogP contribution in [0.2, 0.25) is 0 Å². The van der Waals surface area contributed by atoms with Crippen molar-refractivity contribution in [1.82, 2.24) is 40.0 Å². The second-order valence-electron chi connectivity index (χ2n) is 15.2. The number of likely N-dealkylation sites (tertiary alicyclic amines) is 2. The molecule has 2 saturated heterocycles. The zero-order valence-corrected chi connectivity index (χ0v) is 33.1. The van der Waals surface area contributed by atoms with Crippen LogP contribution in [0.25, 0.3) is 33.6 Å². The fourth-order valence-corrected chi connectivity index (χ4v) is 8.20. The van der Waals surface area contributed by atoms with E-state index in [0.29, 0.717) is 78.5 Å². The molecule has 14 nitrogen and oxygen atoms in total. The highest BCUT2D eigenvalue weighted by atomic mass is 19.1. The Hall–Kier alpha value is -6.58. The van der Waals surface area contributed by atoms with Crippen LogP contribution in [0.1, 0.15) is 74.9 Å². The Bertz CT molecular complexity index is 2350. The van der Waals surface area contributed by atoms with E-state index in [1.807, 2.05) is 6.07 Å². The molecule has 5 aromatic rings. The molecule has 0 unspecified atom stereocenters. The summed E-state index contributed by atoms with van der Waals surface area (Å²) in [6, 6.07) is 15.4. The van der Waals surface area contributed by atoms with E-state index < -0.39 is 48.0 Å². The highest BCUT2D eigenvalue weighted by molar-refractivity contribution is 5.88. The van der Waals surface area contributed by atoms with Crippen molar-refractivity contribution in [3.05, 3.63) is 108 Å². The van der Waals surface area contributed by atoms with E-state index in [0.717, 1.165) is 4.90 Å². The predicted octanol–water partition coefficient (Wildman–Crippen LogP) is 7.47. The molecule has 0 aliphatic carbocycles. The highest BCUT2D eigenvalue weighted by Crippen LogP contribution is 2.37. The SMILES string of the molecule is COC(=O)N[C@@H](C(=O)N1CCC[C@H]1c1ncc(-c2ccc(-c3ccc(-c4cnc([C@@H]5CCCN5C(=O)[C@H](C(C)C)N(C)C(=O)O)[nH]4)c(F)c3)cc2F)[nH]1)c1ccccc1. The van der Waals surface area contributed by atoms with Crippen LogP contribution in [0, 0.1) is 17.6 Å². The molecule has 308 valence electrons. The minimum Gasteiger partial charge on any atom is -0.465 e. The van der Waals surface area contributed by atoms with Crippen molar-refractivity contribution < 1.29 is 37.8 Å². The zero-order valence-electron chi connectivity index (χ0n) is 33.1. The number of alkyl carbamates (subject to hydrolysis) is 1. The summed E-state index contributed by atoms with van der Waals surface area (Å²) in [6.07, 6.45) is 3.75. The summed E-state index contributed by atoms with van der Waals surface area (Å²) in [5, 5.41) is 12.2. The lowest BCUT2D eigenvalue weighted by molar-refractivity contribution is -0.138. The molecule has 4 N–H and O–H groups in total. The number of methoxy groups -OCH3 is 1. The molecule has 7 rings (SSSR count). The number of rotatable bonds is 11. The molecule has 0 spiro atoms. The number of likely N-dealkylation sites (N-methyl/N-ethyl adjacent to an activating group) is 1. The molecule has 4 heterocycles. The summed E-state index contributed by atoms with van der Waals surface area (Å²) in [5.41, 5.74) is 2.80. The summed E-state index contributed by atoms with van der Waals surface area (Å²) in [6.45, 7) is 4.49. The number of hydrogen-bond donors (Lipinski definition) is 4. The molecule has 2 aliphatic heterocycles. The number of amides is 4. The summed E-state index contributed by atoms with van der Waals surface area (Å²) in [4.78, 5) is 71.1. The van der Waals surface area contributed by atoms with Crippen molar-refractivity contribution in [1.29, 1.82) is 0 Å². The van der Waals surface area contributed by atoms with Crippen LogP contribution in [0.3, 0.4) is 0 Å². The van der Waals surface area contributed by atoms with Crippen LogP contribution in [0.15, 0.2) is 79.1 Å². The maximum atomic E-state index is 15.8. The first-order valence-corrected chi connectivity index (χ1v) is 19.5. The average molecular weight is 809 g/mol. The number of imidazole rings is 2. The Morgan fingerprint density at radius 1 is 0.814 bits per heavy atom. The first-order valence-electron chi connectivity index (χ1n) is 19.5. The van der Waals surface area contributed by atoms with E-state index in [-0.39, 0.29) is 28.9 Å². The number of carboxylic acid groups (broad SMARTS) is 1. The zero-order chi connectivity index (χ0) is 42.0. The second kappa shape index (κ2) is 17.1. The van der Waals surface area contributed by atoms with E-state index in [2.05, 4.69) is 25.3 Å². The number of aromatic nitrogens is 4. The van der Waals surface area contributed by atoms with Gasteiger partial charge in [0.15, 0.2) is 0 Å². The lowest BCUT2D eigenvalue weighted by atomic mass is 10.00. The third-order valence-electron chi connectivity index (χ3n) is 11.2. The number of carbonyl (C=O) groups is 4. The lowest BCUT2D eigenvalue weighted by Gasteiger charge is -2.33. The quantitative estimate of drug-likeness (QED) is 0.106. The molecular formula is C43H46F2N8O6. The van der Waals surface area contributed by atoms with Gasteiger partial charge in [0.2, 0.25) is 5.91 Å². The molecule has 59 heavy (non-hydrogen) atoms. The Labute approximate surface area is 339 Å². The van der Waals surface area contributed by atoms with Gasteiger partial charge in [-0.15, -0.1) is 0 Å². The third kappa shape index (κ3) is 8.24. The van der Waals surface area contributed by atoms with Crippen molar-refractivity contribution in [2.45, 2.75) is 63.7 Å². The monoisotopic (exact) mass is 808 g/mol. The number of H-pyrrole nitrogens is 2. The molecule has 4 atom stereocenters. The van der Waals surface area contributed by atoms with Crippen LogP contribution in [-0.4, -0.2) is 97.0 Å². The van der Waals surface area contributed by atoms with Crippen molar-refractivity contribution in [2.24, 2.45) is 5.92 Å². The topological polar surface area (TPSA) is 177 Å². The van der Waals surface area contributed by atoms with E-state index in [4.69, 9.17) is 4.74 Å². The molecule has 2 aliphatic rings. The normalized spacial score (nSPS) is 17.5. The Morgan fingerprint density at radius 2 is 1.32 bits per heavy atom. The number of halogens is 2. The molecule has 0 radical (unpaired) electrons. The van der Waals surface area contributed by atoms with Gasteiger partial charge in [0.25, 0.3) is 5.91 Å². The molecule has 4 amide bonds. The van der Waals surface area contributed by atoms with E-state index in [1.165, 1.54) is 38.7 Å². The van der Waals surface area contributed by atoms with Gasteiger partial charge in [-0.05, 0) is 72.6 Å². The summed E-state index contributed by atoms with van der Waals surface area (Å²) < 4.78 is 36.3. The first kappa shape index (κ1) is 40.6. The van der Waals surface area contributed by atoms with Gasteiger partial charge >= 0.3 is 12.2 Å². The number of hydrogen-bond acceptors (Lipinski definition) is 7. The molecule has 0 saturated carbocycles. The van der Waals surface area contributed by atoms with Gasteiger partial charge < -0.3 is 34.9 Å². The van der Waals surface area contributed by atoms with Crippen LogP contribution >= 0.6 is 0 Å². The first-order chi connectivity index (χ1) is 28.4. The van der Waals surface area contributed by atoms with Gasteiger partial charge in [0.1, 0.15) is 35.4 Å². The number of aromatic amines is 2. The fourth-order valence-electron chi connectivity index (χ4n) is 8.20. The summed E-state index contributed by atoms with van der Waals surface area (Å²) in [5.74, 6) is -1.03. The maximum Gasteiger partial charge on any atom is 0.407 e. The Balaban J connectivity index is 1.06. The summed E-state index contributed by atoms with van der Waals surface area (Å²) >= 11 is 0. The molecule has 3 aromatic carbocycles. The smallest absolute Gasteiger partial charge is 0.407 e. The minimum atomic E-state index is -1.19. The van der Waals surface area contributed by atoms with Crippen LogP contribution in [0.4, 0.5) is 18.4 Å². The highest BCUT2D eigenvalue weighted by Gasteiger charge is 2.40. The molecular weight excluding hydrogens is 763 g/mol.